The van der Waals surface area contributed by atoms with Crippen molar-refractivity contribution in [2.24, 2.45) is 0 Å². The summed E-state index contributed by atoms with van der Waals surface area (Å²) in [4.78, 5) is 26.9. The zero-order valence-electron chi connectivity index (χ0n) is 12.9. The van der Waals surface area contributed by atoms with Crippen molar-refractivity contribution < 1.29 is 9.59 Å². The molecule has 5 heteroatoms. The largest absolute Gasteiger partial charge is 0.354 e. The Balaban J connectivity index is 2.73. The van der Waals surface area contributed by atoms with E-state index < -0.39 is 0 Å². The van der Waals surface area contributed by atoms with Crippen molar-refractivity contribution in [3.63, 3.8) is 0 Å². The highest BCUT2D eigenvalue weighted by Gasteiger charge is 2.21. The molecule has 0 aromatic carbocycles. The van der Waals surface area contributed by atoms with E-state index in [0.29, 0.717) is 24.2 Å². The Morgan fingerprint density at radius 2 is 1.85 bits per heavy atom. The molecule has 0 aliphatic rings. The number of amides is 1. The average molecular weight is 279 g/mol. The highest BCUT2D eigenvalue weighted by molar-refractivity contribution is 6.02. The molecule has 112 valence electrons. The lowest BCUT2D eigenvalue weighted by molar-refractivity contribution is 0.0948. The molecule has 1 aromatic rings. The molecule has 1 aromatic heterocycles. The number of aryl methyl sites for hydroxylation is 1. The maximum absolute atomic E-state index is 12.2. The summed E-state index contributed by atoms with van der Waals surface area (Å²) in [5.41, 5.74) is 2.75. The van der Waals surface area contributed by atoms with Crippen LogP contribution in [-0.4, -0.2) is 36.3 Å². The fourth-order valence-corrected chi connectivity index (χ4v) is 2.36. The van der Waals surface area contributed by atoms with E-state index in [1.54, 1.807) is 0 Å². The van der Waals surface area contributed by atoms with Gasteiger partial charge in [-0.1, -0.05) is 13.8 Å². The molecule has 5 nitrogen and oxygen atoms in total. The number of aromatic nitrogens is 1. The zero-order valence-corrected chi connectivity index (χ0v) is 12.9. The number of Topliss-reactive ketones (excluding diaryl/α,β-unsaturated/α-hetero) is 1. The van der Waals surface area contributed by atoms with Gasteiger partial charge in [-0.15, -0.1) is 0 Å². The fraction of sp³-hybridized carbons (Fsp3) is 0.600. The second-order valence-electron chi connectivity index (χ2n) is 4.89. The van der Waals surface area contributed by atoms with Gasteiger partial charge in [0.2, 0.25) is 0 Å². The molecule has 0 aliphatic carbocycles. The second-order valence-corrected chi connectivity index (χ2v) is 4.89. The van der Waals surface area contributed by atoms with Gasteiger partial charge in [-0.05, 0) is 38.8 Å². The van der Waals surface area contributed by atoms with E-state index in [1.165, 1.54) is 6.92 Å². The van der Waals surface area contributed by atoms with Crippen molar-refractivity contribution in [2.45, 2.75) is 40.5 Å². The lowest BCUT2D eigenvalue weighted by Gasteiger charge is -2.07. The third-order valence-corrected chi connectivity index (χ3v) is 3.24. The molecule has 0 unspecified atom stereocenters. The number of nitrogens with one attached hydrogen (secondary N) is 3. The van der Waals surface area contributed by atoms with Gasteiger partial charge in [-0.3, -0.25) is 9.59 Å². The highest BCUT2D eigenvalue weighted by Crippen LogP contribution is 2.20. The molecule has 0 atom stereocenters. The first-order valence-electron chi connectivity index (χ1n) is 7.24. The van der Waals surface area contributed by atoms with Crippen LogP contribution in [-0.2, 0) is 6.42 Å². The molecule has 1 rings (SSSR count). The molecule has 0 saturated heterocycles. The first-order valence-corrected chi connectivity index (χ1v) is 7.24. The molecule has 20 heavy (non-hydrogen) atoms. The van der Waals surface area contributed by atoms with E-state index in [2.05, 4.69) is 22.5 Å². The topological polar surface area (TPSA) is 74.0 Å². The fourth-order valence-electron chi connectivity index (χ4n) is 2.36. The van der Waals surface area contributed by atoms with Gasteiger partial charge < -0.3 is 15.6 Å². The van der Waals surface area contributed by atoms with Crippen LogP contribution in [0.25, 0.3) is 0 Å². The third-order valence-electron chi connectivity index (χ3n) is 3.24. The number of aromatic amines is 1. The van der Waals surface area contributed by atoms with E-state index >= 15 is 0 Å². The van der Waals surface area contributed by atoms with Crippen LogP contribution in [0.4, 0.5) is 0 Å². The van der Waals surface area contributed by atoms with Crippen LogP contribution in [0.3, 0.4) is 0 Å². The summed E-state index contributed by atoms with van der Waals surface area (Å²) in [5, 5.41) is 6.09. The van der Waals surface area contributed by atoms with Gasteiger partial charge >= 0.3 is 0 Å². The van der Waals surface area contributed by atoms with E-state index in [9.17, 15) is 9.59 Å². The van der Waals surface area contributed by atoms with Gasteiger partial charge in [0.15, 0.2) is 5.78 Å². The number of H-pyrrole nitrogens is 1. The molecule has 0 fully saturated rings. The maximum Gasteiger partial charge on any atom is 0.268 e. The Morgan fingerprint density at radius 3 is 2.40 bits per heavy atom. The Bertz CT molecular complexity index is 478. The minimum Gasteiger partial charge on any atom is -0.354 e. The third kappa shape index (κ3) is 3.93. The Kier molecular flexibility index (Phi) is 6.45. The van der Waals surface area contributed by atoms with E-state index in [-0.39, 0.29) is 11.7 Å². The van der Waals surface area contributed by atoms with Gasteiger partial charge in [-0.25, -0.2) is 0 Å². The Hall–Kier alpha value is -1.62. The summed E-state index contributed by atoms with van der Waals surface area (Å²) >= 11 is 0. The Morgan fingerprint density at radius 1 is 1.15 bits per heavy atom. The summed E-state index contributed by atoms with van der Waals surface area (Å²) in [7, 11) is 0. The lowest BCUT2D eigenvalue weighted by Crippen LogP contribution is -2.32. The Labute approximate surface area is 120 Å². The molecule has 0 radical (unpaired) electrons. The van der Waals surface area contributed by atoms with Crippen LogP contribution in [0.2, 0.25) is 0 Å². The van der Waals surface area contributed by atoms with Gasteiger partial charge in [0.1, 0.15) is 5.69 Å². The van der Waals surface area contributed by atoms with Crippen LogP contribution in [0.15, 0.2) is 0 Å². The number of carbonyl (C=O) groups is 2. The van der Waals surface area contributed by atoms with Crippen molar-refractivity contribution >= 4 is 11.7 Å². The van der Waals surface area contributed by atoms with Crippen LogP contribution in [0.1, 0.15) is 59.3 Å². The second kappa shape index (κ2) is 7.85. The smallest absolute Gasteiger partial charge is 0.268 e. The molecular formula is C15H25N3O2. The monoisotopic (exact) mass is 279 g/mol. The number of rotatable bonds is 8. The standard InChI is InChI=1S/C15H25N3O2/c1-5-7-16-8-9-17-15(20)14-12(6-2)13(11(4)19)10(3)18-14/h16,18H,5-9H2,1-4H3,(H,17,20). The highest BCUT2D eigenvalue weighted by atomic mass is 16.2. The van der Waals surface area contributed by atoms with Gasteiger partial charge in [0, 0.05) is 24.3 Å². The van der Waals surface area contributed by atoms with Crippen molar-refractivity contribution in [3.05, 3.63) is 22.5 Å². The normalized spacial score (nSPS) is 10.6. The first-order chi connectivity index (χ1) is 9.52. The lowest BCUT2D eigenvalue weighted by atomic mass is 10.0. The predicted octanol–water partition coefficient (Wildman–Crippen LogP) is 1.82. The van der Waals surface area contributed by atoms with E-state index in [0.717, 1.165) is 30.8 Å². The number of ketones is 1. The molecule has 0 bridgehead atoms. The SMILES string of the molecule is CCCNCCNC(=O)c1[nH]c(C)c(C(C)=O)c1CC. The molecular weight excluding hydrogens is 254 g/mol. The van der Waals surface area contributed by atoms with Gasteiger partial charge in [0.25, 0.3) is 5.91 Å². The summed E-state index contributed by atoms with van der Waals surface area (Å²) in [6.45, 7) is 9.70. The van der Waals surface area contributed by atoms with Crippen molar-refractivity contribution in [1.82, 2.24) is 15.6 Å². The van der Waals surface area contributed by atoms with E-state index in [1.807, 2.05) is 13.8 Å². The molecule has 0 aliphatic heterocycles. The summed E-state index contributed by atoms with van der Waals surface area (Å²) in [6.07, 6.45) is 1.74. The van der Waals surface area contributed by atoms with Gasteiger partial charge in [-0.2, -0.15) is 0 Å². The molecule has 0 spiro atoms. The quantitative estimate of drug-likeness (QED) is 0.502. The van der Waals surface area contributed by atoms with E-state index in [4.69, 9.17) is 0 Å². The molecule has 1 amide bonds. The minimum atomic E-state index is -0.143. The van der Waals surface area contributed by atoms with Crippen molar-refractivity contribution in [1.29, 1.82) is 0 Å². The first kappa shape index (κ1) is 16.4. The summed E-state index contributed by atoms with van der Waals surface area (Å²) in [6, 6.07) is 0. The average Bonchev–Trinajstić information content (AvgIpc) is 2.75. The molecule has 3 N–H and O–H groups in total. The van der Waals surface area contributed by atoms with Crippen molar-refractivity contribution in [2.75, 3.05) is 19.6 Å². The number of hydrogen-bond acceptors (Lipinski definition) is 3. The number of carbonyl (C=O) groups excluding carboxylic acids is 2. The van der Waals surface area contributed by atoms with Crippen LogP contribution in [0, 0.1) is 6.92 Å². The van der Waals surface area contributed by atoms with Crippen LogP contribution >= 0.6 is 0 Å². The maximum atomic E-state index is 12.2. The summed E-state index contributed by atoms with van der Waals surface area (Å²) in [5.74, 6) is -0.144. The predicted molar refractivity (Wildman–Crippen MR) is 80.4 cm³/mol. The van der Waals surface area contributed by atoms with Crippen LogP contribution < -0.4 is 10.6 Å². The minimum absolute atomic E-state index is 0.000683. The molecule has 0 saturated carbocycles. The molecule has 1 heterocycles. The zero-order chi connectivity index (χ0) is 15.1. The summed E-state index contributed by atoms with van der Waals surface area (Å²) < 4.78 is 0. The number of hydrogen-bond donors (Lipinski definition) is 3. The van der Waals surface area contributed by atoms with Crippen LogP contribution in [0.5, 0.6) is 0 Å². The van der Waals surface area contributed by atoms with Gasteiger partial charge in [0.05, 0.1) is 0 Å². The van der Waals surface area contributed by atoms with Crippen molar-refractivity contribution in [3.8, 4) is 0 Å².